The van der Waals surface area contributed by atoms with Gasteiger partial charge in [0.1, 0.15) is 11.6 Å². The molecule has 1 fully saturated rings. The standard InChI is InChI=1S/C22H26N6/c1-3-18-7-9-19(10-8-18)25-22-24-17(2)16-21(26-22)28-14-12-27(13-15-28)20-6-4-5-11-23-20/h4-11,16H,3,12-15H2,1-2H3,(H,24,25,26). The highest BCUT2D eigenvalue weighted by Gasteiger charge is 2.19. The molecule has 1 aliphatic rings. The molecule has 0 aliphatic carbocycles. The molecule has 0 unspecified atom stereocenters. The van der Waals surface area contributed by atoms with Crippen molar-refractivity contribution in [3.63, 3.8) is 0 Å². The SMILES string of the molecule is CCc1ccc(Nc2nc(C)cc(N3CCN(c4ccccn4)CC3)n2)cc1. The van der Waals surface area contributed by atoms with Crippen LogP contribution in [0.5, 0.6) is 0 Å². The molecule has 144 valence electrons. The molecule has 3 aromatic rings. The Balaban J connectivity index is 1.45. The molecule has 6 nitrogen and oxygen atoms in total. The molecule has 28 heavy (non-hydrogen) atoms. The van der Waals surface area contributed by atoms with Crippen molar-refractivity contribution in [3.8, 4) is 0 Å². The van der Waals surface area contributed by atoms with Gasteiger partial charge in [-0.3, -0.25) is 0 Å². The third kappa shape index (κ3) is 4.22. The fourth-order valence-corrected chi connectivity index (χ4v) is 3.43. The van der Waals surface area contributed by atoms with E-state index in [4.69, 9.17) is 4.98 Å². The molecule has 0 radical (unpaired) electrons. The fraction of sp³-hybridized carbons (Fsp3) is 0.318. The van der Waals surface area contributed by atoms with E-state index < -0.39 is 0 Å². The zero-order valence-electron chi connectivity index (χ0n) is 16.5. The molecule has 4 rings (SSSR count). The quantitative estimate of drug-likeness (QED) is 0.733. The Morgan fingerprint density at radius 3 is 2.25 bits per heavy atom. The van der Waals surface area contributed by atoms with Gasteiger partial charge in [0.2, 0.25) is 5.95 Å². The van der Waals surface area contributed by atoms with Crippen molar-refractivity contribution in [3.05, 3.63) is 66.0 Å². The Labute approximate surface area is 166 Å². The van der Waals surface area contributed by atoms with E-state index in [0.717, 1.165) is 55.6 Å². The van der Waals surface area contributed by atoms with E-state index in [-0.39, 0.29) is 0 Å². The predicted octanol–water partition coefficient (Wildman–Crippen LogP) is 3.81. The first-order chi connectivity index (χ1) is 13.7. The summed E-state index contributed by atoms with van der Waals surface area (Å²) in [6.45, 7) is 7.87. The molecule has 0 atom stereocenters. The van der Waals surface area contributed by atoms with Crippen molar-refractivity contribution in [1.82, 2.24) is 15.0 Å². The monoisotopic (exact) mass is 374 g/mol. The minimum absolute atomic E-state index is 0.645. The van der Waals surface area contributed by atoms with Crippen LogP contribution in [0, 0.1) is 6.92 Å². The van der Waals surface area contributed by atoms with Gasteiger partial charge in [0.25, 0.3) is 0 Å². The molecule has 2 aromatic heterocycles. The summed E-state index contributed by atoms with van der Waals surface area (Å²) in [6, 6.07) is 16.5. The van der Waals surface area contributed by atoms with Crippen molar-refractivity contribution in [2.45, 2.75) is 20.3 Å². The molecule has 0 amide bonds. The highest BCUT2D eigenvalue weighted by Crippen LogP contribution is 2.21. The van der Waals surface area contributed by atoms with E-state index in [2.05, 4.69) is 68.4 Å². The van der Waals surface area contributed by atoms with Crippen LogP contribution in [0.3, 0.4) is 0 Å². The molecule has 1 N–H and O–H groups in total. The van der Waals surface area contributed by atoms with Gasteiger partial charge in [-0.25, -0.2) is 9.97 Å². The summed E-state index contributed by atoms with van der Waals surface area (Å²) in [5.41, 5.74) is 3.29. The molecule has 6 heteroatoms. The minimum atomic E-state index is 0.645. The second kappa shape index (κ2) is 8.25. The maximum absolute atomic E-state index is 4.76. The number of rotatable bonds is 5. The number of nitrogens with zero attached hydrogens (tertiary/aromatic N) is 5. The second-order valence-electron chi connectivity index (χ2n) is 7.03. The first kappa shape index (κ1) is 18.2. The molecule has 3 heterocycles. The van der Waals surface area contributed by atoms with Gasteiger partial charge in [-0.1, -0.05) is 25.1 Å². The van der Waals surface area contributed by atoms with Gasteiger partial charge in [0.15, 0.2) is 0 Å². The Hall–Kier alpha value is -3.15. The average molecular weight is 374 g/mol. The lowest BCUT2D eigenvalue weighted by molar-refractivity contribution is 0.641. The Morgan fingerprint density at radius 1 is 0.893 bits per heavy atom. The van der Waals surface area contributed by atoms with Crippen LogP contribution in [0.15, 0.2) is 54.7 Å². The van der Waals surface area contributed by atoms with Crippen molar-refractivity contribution in [2.75, 3.05) is 41.3 Å². The maximum Gasteiger partial charge on any atom is 0.229 e. The van der Waals surface area contributed by atoms with Crippen molar-refractivity contribution in [1.29, 1.82) is 0 Å². The number of anilines is 4. The Morgan fingerprint density at radius 2 is 1.61 bits per heavy atom. The third-order valence-electron chi connectivity index (χ3n) is 5.04. The van der Waals surface area contributed by atoms with E-state index >= 15 is 0 Å². The molecular weight excluding hydrogens is 348 g/mol. The highest BCUT2D eigenvalue weighted by molar-refractivity contribution is 5.56. The van der Waals surface area contributed by atoms with Crippen molar-refractivity contribution >= 4 is 23.3 Å². The van der Waals surface area contributed by atoms with Crippen LogP contribution in [0.25, 0.3) is 0 Å². The summed E-state index contributed by atoms with van der Waals surface area (Å²) in [4.78, 5) is 18.4. The number of nitrogens with one attached hydrogen (secondary N) is 1. The van der Waals surface area contributed by atoms with Gasteiger partial charge in [-0.05, 0) is 43.2 Å². The van der Waals surface area contributed by atoms with Crippen LogP contribution in [0.1, 0.15) is 18.2 Å². The fourth-order valence-electron chi connectivity index (χ4n) is 3.43. The molecular formula is C22H26N6. The normalized spacial score (nSPS) is 14.2. The number of hydrogen-bond donors (Lipinski definition) is 1. The third-order valence-corrected chi connectivity index (χ3v) is 5.04. The molecule has 1 saturated heterocycles. The highest BCUT2D eigenvalue weighted by atomic mass is 15.3. The maximum atomic E-state index is 4.76. The summed E-state index contributed by atoms with van der Waals surface area (Å²) < 4.78 is 0. The van der Waals surface area contributed by atoms with Crippen molar-refractivity contribution < 1.29 is 0 Å². The van der Waals surface area contributed by atoms with E-state index in [1.165, 1.54) is 5.56 Å². The van der Waals surface area contributed by atoms with E-state index in [9.17, 15) is 0 Å². The number of piperazine rings is 1. The summed E-state index contributed by atoms with van der Waals surface area (Å²) in [7, 11) is 0. The summed E-state index contributed by atoms with van der Waals surface area (Å²) in [5, 5.41) is 3.34. The number of benzene rings is 1. The van der Waals surface area contributed by atoms with Gasteiger partial charge >= 0.3 is 0 Å². The summed E-state index contributed by atoms with van der Waals surface area (Å²) in [6.07, 6.45) is 2.89. The Kier molecular flexibility index (Phi) is 5.37. The van der Waals surface area contributed by atoms with Crippen LogP contribution in [-0.4, -0.2) is 41.1 Å². The number of hydrogen-bond acceptors (Lipinski definition) is 6. The Bertz CT molecular complexity index is 902. The lowest BCUT2D eigenvalue weighted by atomic mass is 10.1. The number of aromatic nitrogens is 3. The summed E-state index contributed by atoms with van der Waals surface area (Å²) >= 11 is 0. The molecule has 1 aliphatic heterocycles. The zero-order chi connectivity index (χ0) is 19.3. The predicted molar refractivity (Wildman–Crippen MR) is 115 cm³/mol. The van der Waals surface area contributed by atoms with Gasteiger partial charge in [0, 0.05) is 49.8 Å². The number of aryl methyl sites for hydroxylation is 2. The lowest BCUT2D eigenvalue weighted by Gasteiger charge is -2.36. The van der Waals surface area contributed by atoms with E-state index in [1.807, 2.05) is 25.3 Å². The summed E-state index contributed by atoms with van der Waals surface area (Å²) in [5.74, 6) is 2.66. The van der Waals surface area contributed by atoms with Crippen molar-refractivity contribution in [2.24, 2.45) is 0 Å². The van der Waals surface area contributed by atoms with Crippen LogP contribution in [0.2, 0.25) is 0 Å². The average Bonchev–Trinajstić information content (AvgIpc) is 2.75. The second-order valence-corrected chi connectivity index (χ2v) is 7.03. The van der Waals surface area contributed by atoms with Crippen LogP contribution < -0.4 is 15.1 Å². The number of pyridine rings is 1. The van der Waals surface area contributed by atoms with Crippen LogP contribution >= 0.6 is 0 Å². The van der Waals surface area contributed by atoms with E-state index in [0.29, 0.717) is 5.95 Å². The van der Waals surface area contributed by atoms with Gasteiger partial charge < -0.3 is 15.1 Å². The topological polar surface area (TPSA) is 57.2 Å². The molecule has 0 bridgehead atoms. The van der Waals surface area contributed by atoms with Gasteiger partial charge in [-0.2, -0.15) is 4.98 Å². The van der Waals surface area contributed by atoms with Crippen LogP contribution in [0.4, 0.5) is 23.3 Å². The molecule has 0 saturated carbocycles. The largest absolute Gasteiger partial charge is 0.353 e. The van der Waals surface area contributed by atoms with E-state index in [1.54, 1.807) is 0 Å². The molecule has 0 spiro atoms. The van der Waals surface area contributed by atoms with Crippen LogP contribution in [-0.2, 0) is 6.42 Å². The minimum Gasteiger partial charge on any atom is -0.353 e. The van der Waals surface area contributed by atoms with Gasteiger partial charge in [-0.15, -0.1) is 0 Å². The molecule has 1 aromatic carbocycles. The van der Waals surface area contributed by atoms with Gasteiger partial charge in [0.05, 0.1) is 0 Å². The smallest absolute Gasteiger partial charge is 0.229 e. The first-order valence-electron chi connectivity index (χ1n) is 9.84. The first-order valence-corrected chi connectivity index (χ1v) is 9.84. The lowest BCUT2D eigenvalue weighted by Crippen LogP contribution is -2.47. The zero-order valence-corrected chi connectivity index (χ0v) is 16.5.